The van der Waals surface area contributed by atoms with E-state index < -0.39 is 0 Å². The number of hydrogen-bond acceptors (Lipinski definition) is 3. The Labute approximate surface area is 128 Å². The van der Waals surface area contributed by atoms with Crippen molar-refractivity contribution in [1.29, 1.82) is 0 Å². The summed E-state index contributed by atoms with van der Waals surface area (Å²) in [6, 6.07) is 15.6. The largest absolute Gasteiger partial charge is 0.313 e. The van der Waals surface area contributed by atoms with Gasteiger partial charge >= 0.3 is 0 Å². The highest BCUT2D eigenvalue weighted by Crippen LogP contribution is 2.20. The molecule has 0 aliphatic carbocycles. The van der Waals surface area contributed by atoms with E-state index in [1.54, 1.807) is 0 Å². The van der Waals surface area contributed by atoms with Crippen LogP contribution >= 0.6 is 0 Å². The summed E-state index contributed by atoms with van der Waals surface area (Å²) in [5, 5.41) is 3.55. The normalized spacial score (nSPS) is 12.8. The Hall–Kier alpha value is -1.71. The number of pyridine rings is 1. The van der Waals surface area contributed by atoms with E-state index in [4.69, 9.17) is 0 Å². The minimum Gasteiger partial charge on any atom is -0.313 e. The highest BCUT2D eigenvalue weighted by Gasteiger charge is 2.17. The molecule has 0 amide bonds. The average Bonchev–Trinajstić information content (AvgIpc) is 2.49. The van der Waals surface area contributed by atoms with E-state index in [9.17, 15) is 0 Å². The van der Waals surface area contributed by atoms with Crippen LogP contribution in [0.5, 0.6) is 0 Å². The molecule has 3 heteroatoms. The maximum absolute atomic E-state index is 4.20. The minimum atomic E-state index is 0.355. The van der Waals surface area contributed by atoms with Gasteiger partial charge in [-0.25, -0.2) is 0 Å². The average molecular weight is 283 g/mol. The van der Waals surface area contributed by atoms with Crippen LogP contribution < -0.4 is 5.32 Å². The van der Waals surface area contributed by atoms with E-state index in [0.717, 1.165) is 13.1 Å². The Morgan fingerprint density at radius 3 is 2.48 bits per heavy atom. The van der Waals surface area contributed by atoms with Crippen molar-refractivity contribution in [3.63, 3.8) is 0 Å². The molecule has 21 heavy (non-hydrogen) atoms. The molecular weight excluding hydrogens is 258 g/mol. The van der Waals surface area contributed by atoms with Gasteiger partial charge in [0.2, 0.25) is 0 Å². The molecule has 2 aromatic rings. The van der Waals surface area contributed by atoms with E-state index in [2.05, 4.69) is 72.5 Å². The first-order valence-electron chi connectivity index (χ1n) is 7.54. The third-order valence-electron chi connectivity index (χ3n) is 3.59. The van der Waals surface area contributed by atoms with E-state index in [-0.39, 0.29) is 0 Å². The summed E-state index contributed by atoms with van der Waals surface area (Å²) in [4.78, 5) is 6.58. The number of nitrogens with zero attached hydrogens (tertiary/aromatic N) is 2. The van der Waals surface area contributed by atoms with Gasteiger partial charge in [0.05, 0.1) is 0 Å². The quantitative estimate of drug-likeness (QED) is 0.845. The van der Waals surface area contributed by atoms with E-state index in [0.29, 0.717) is 12.1 Å². The monoisotopic (exact) mass is 283 g/mol. The molecule has 1 N–H and O–H groups in total. The van der Waals surface area contributed by atoms with Gasteiger partial charge < -0.3 is 5.32 Å². The number of likely N-dealkylation sites (N-methyl/N-ethyl adjacent to an activating group) is 1. The summed E-state index contributed by atoms with van der Waals surface area (Å²) in [6.07, 6.45) is 3.76. The van der Waals surface area contributed by atoms with Crippen molar-refractivity contribution in [3.05, 3.63) is 66.0 Å². The second-order valence-electron chi connectivity index (χ2n) is 5.77. The van der Waals surface area contributed by atoms with Crippen molar-refractivity contribution in [1.82, 2.24) is 15.2 Å². The lowest BCUT2D eigenvalue weighted by Gasteiger charge is -2.29. The van der Waals surface area contributed by atoms with E-state index >= 15 is 0 Å². The molecular formula is C18H25N3. The van der Waals surface area contributed by atoms with Gasteiger partial charge in [0.25, 0.3) is 0 Å². The molecule has 3 nitrogen and oxygen atoms in total. The number of benzene rings is 1. The summed E-state index contributed by atoms with van der Waals surface area (Å²) in [7, 11) is 2.17. The van der Waals surface area contributed by atoms with Crippen LogP contribution in [0.4, 0.5) is 0 Å². The van der Waals surface area contributed by atoms with Crippen LogP contribution in [0.3, 0.4) is 0 Å². The van der Waals surface area contributed by atoms with Gasteiger partial charge in [0, 0.05) is 37.6 Å². The smallest absolute Gasteiger partial charge is 0.0473 e. The number of hydrogen-bond donors (Lipinski definition) is 1. The van der Waals surface area contributed by atoms with Gasteiger partial charge in [-0.2, -0.15) is 0 Å². The molecule has 1 unspecified atom stereocenters. The molecule has 0 spiro atoms. The Bertz CT molecular complexity index is 511. The first-order chi connectivity index (χ1) is 10.2. The molecule has 0 aliphatic heterocycles. The van der Waals surface area contributed by atoms with Crippen LogP contribution in [-0.2, 0) is 6.54 Å². The third kappa shape index (κ3) is 4.96. The predicted molar refractivity (Wildman–Crippen MR) is 88.0 cm³/mol. The summed E-state index contributed by atoms with van der Waals surface area (Å²) in [6.45, 7) is 6.21. The van der Waals surface area contributed by atoms with Gasteiger partial charge in [-0.3, -0.25) is 9.88 Å². The van der Waals surface area contributed by atoms with Crippen LogP contribution in [0.25, 0.3) is 0 Å². The fraction of sp³-hybridized carbons (Fsp3) is 0.389. The lowest BCUT2D eigenvalue weighted by atomic mass is 10.0. The molecule has 0 fully saturated rings. The second kappa shape index (κ2) is 7.91. The Balaban J connectivity index is 2.10. The SMILES string of the molecule is CC(C)NCC(c1ccccc1)N(C)Cc1cccnc1. The minimum absolute atomic E-state index is 0.355. The fourth-order valence-electron chi connectivity index (χ4n) is 2.44. The summed E-state index contributed by atoms with van der Waals surface area (Å²) in [5.41, 5.74) is 2.59. The summed E-state index contributed by atoms with van der Waals surface area (Å²) < 4.78 is 0. The molecule has 1 aromatic carbocycles. The van der Waals surface area contributed by atoms with Crippen LogP contribution in [0.15, 0.2) is 54.9 Å². The van der Waals surface area contributed by atoms with Crippen molar-refractivity contribution < 1.29 is 0 Å². The first-order valence-corrected chi connectivity index (χ1v) is 7.54. The predicted octanol–water partition coefficient (Wildman–Crippen LogP) is 3.25. The molecule has 1 atom stereocenters. The zero-order chi connectivity index (χ0) is 15.1. The molecule has 0 aliphatic rings. The van der Waals surface area contributed by atoms with Crippen LogP contribution in [0.1, 0.15) is 31.0 Å². The molecule has 0 saturated heterocycles. The van der Waals surface area contributed by atoms with Gasteiger partial charge in [0.15, 0.2) is 0 Å². The summed E-state index contributed by atoms with van der Waals surface area (Å²) >= 11 is 0. The molecule has 1 heterocycles. The Kier molecular flexibility index (Phi) is 5.90. The molecule has 1 aromatic heterocycles. The van der Waals surface area contributed by atoms with Gasteiger partial charge in [-0.05, 0) is 24.2 Å². The van der Waals surface area contributed by atoms with Crippen molar-refractivity contribution >= 4 is 0 Å². The van der Waals surface area contributed by atoms with Crippen molar-refractivity contribution in [2.75, 3.05) is 13.6 Å². The molecule has 0 bridgehead atoms. The standard InChI is InChI=1S/C18H25N3/c1-15(2)20-13-18(17-9-5-4-6-10-17)21(3)14-16-8-7-11-19-12-16/h4-12,15,18,20H,13-14H2,1-3H3. The van der Waals surface area contributed by atoms with Crippen molar-refractivity contribution in [2.45, 2.75) is 32.5 Å². The zero-order valence-electron chi connectivity index (χ0n) is 13.2. The molecule has 0 saturated carbocycles. The number of nitrogens with one attached hydrogen (secondary N) is 1. The number of rotatable bonds is 7. The maximum Gasteiger partial charge on any atom is 0.0473 e. The fourth-order valence-corrected chi connectivity index (χ4v) is 2.44. The highest BCUT2D eigenvalue weighted by atomic mass is 15.1. The summed E-state index contributed by atoms with van der Waals surface area (Å²) in [5.74, 6) is 0. The maximum atomic E-state index is 4.20. The highest BCUT2D eigenvalue weighted by molar-refractivity contribution is 5.20. The zero-order valence-corrected chi connectivity index (χ0v) is 13.2. The third-order valence-corrected chi connectivity index (χ3v) is 3.59. The first kappa shape index (κ1) is 15.7. The van der Waals surface area contributed by atoms with Gasteiger partial charge in [-0.1, -0.05) is 50.2 Å². The number of aromatic nitrogens is 1. The second-order valence-corrected chi connectivity index (χ2v) is 5.77. The van der Waals surface area contributed by atoms with Gasteiger partial charge in [-0.15, -0.1) is 0 Å². The van der Waals surface area contributed by atoms with Crippen molar-refractivity contribution in [2.24, 2.45) is 0 Å². The van der Waals surface area contributed by atoms with Crippen LogP contribution in [-0.4, -0.2) is 29.5 Å². The topological polar surface area (TPSA) is 28.2 Å². The lowest BCUT2D eigenvalue weighted by molar-refractivity contribution is 0.226. The molecule has 2 rings (SSSR count). The van der Waals surface area contributed by atoms with Crippen LogP contribution in [0, 0.1) is 0 Å². The van der Waals surface area contributed by atoms with Crippen molar-refractivity contribution in [3.8, 4) is 0 Å². The van der Waals surface area contributed by atoms with Crippen LogP contribution in [0.2, 0.25) is 0 Å². The molecule has 0 radical (unpaired) electrons. The van der Waals surface area contributed by atoms with E-state index in [1.807, 2.05) is 18.5 Å². The van der Waals surface area contributed by atoms with Gasteiger partial charge in [0.1, 0.15) is 0 Å². The lowest BCUT2D eigenvalue weighted by Crippen LogP contribution is -2.36. The Morgan fingerprint density at radius 1 is 1.10 bits per heavy atom. The Morgan fingerprint density at radius 2 is 1.86 bits per heavy atom. The van der Waals surface area contributed by atoms with E-state index in [1.165, 1.54) is 11.1 Å². The molecule has 112 valence electrons.